The molecule has 0 fully saturated rings. The number of nitriles is 1. The molecule has 0 unspecified atom stereocenters. The molecule has 0 saturated heterocycles. The molecule has 1 atom stereocenters. The number of pyridine rings is 1. The second-order valence-corrected chi connectivity index (χ2v) is 9.08. The number of phenolic OH excluding ortho intramolecular Hbond substituents is 1. The summed E-state index contributed by atoms with van der Waals surface area (Å²) in [6, 6.07) is 17.5. The maximum atomic E-state index is 9.76. The van der Waals surface area contributed by atoms with Crippen LogP contribution in [0.4, 0.5) is 17.1 Å². The van der Waals surface area contributed by atoms with Crippen LogP contribution in [0.2, 0.25) is 15.1 Å². The maximum Gasteiger partial charge on any atom is 0.134 e. The fraction of sp³-hybridized carbons (Fsp3) is 0.0400. The van der Waals surface area contributed by atoms with Crippen LogP contribution >= 0.6 is 34.8 Å². The number of H-pyrrole nitrogens is 1. The molecule has 8 nitrogen and oxygen atoms in total. The van der Waals surface area contributed by atoms with Gasteiger partial charge in [-0.1, -0.05) is 46.9 Å². The van der Waals surface area contributed by atoms with Gasteiger partial charge in [0.2, 0.25) is 0 Å². The molecular formula is C25H16Cl3N7O. The van der Waals surface area contributed by atoms with Gasteiger partial charge in [0.05, 0.1) is 39.1 Å². The lowest BCUT2D eigenvalue weighted by Crippen LogP contribution is -2.13. The molecule has 36 heavy (non-hydrogen) atoms. The summed E-state index contributed by atoms with van der Waals surface area (Å²) in [4.78, 5) is 4.39. The zero-order valence-corrected chi connectivity index (χ0v) is 20.6. The van der Waals surface area contributed by atoms with Crippen molar-refractivity contribution in [2.24, 2.45) is 0 Å². The van der Waals surface area contributed by atoms with Crippen LogP contribution < -0.4 is 10.6 Å². The molecule has 0 amide bonds. The van der Waals surface area contributed by atoms with Gasteiger partial charge in [-0.2, -0.15) is 20.7 Å². The van der Waals surface area contributed by atoms with E-state index in [4.69, 9.17) is 34.8 Å². The zero-order chi connectivity index (χ0) is 25.2. The molecule has 0 spiro atoms. The summed E-state index contributed by atoms with van der Waals surface area (Å²) in [5, 5.41) is 38.8. The lowest BCUT2D eigenvalue weighted by molar-refractivity contribution is 0.475. The van der Waals surface area contributed by atoms with Crippen molar-refractivity contribution in [1.82, 2.24) is 20.4 Å². The molecule has 0 aliphatic heterocycles. The fourth-order valence-electron chi connectivity index (χ4n) is 3.79. The van der Waals surface area contributed by atoms with E-state index >= 15 is 0 Å². The molecule has 0 saturated carbocycles. The molecule has 2 heterocycles. The lowest BCUT2D eigenvalue weighted by atomic mass is 10.0. The minimum atomic E-state index is -0.367. The predicted octanol–water partition coefficient (Wildman–Crippen LogP) is 6.84. The van der Waals surface area contributed by atoms with Crippen molar-refractivity contribution in [2.75, 3.05) is 10.6 Å². The highest BCUT2D eigenvalue weighted by Gasteiger charge is 2.19. The number of hydrogen-bond acceptors (Lipinski definition) is 7. The molecule has 5 rings (SSSR count). The number of nitrogens with one attached hydrogen (secondary N) is 3. The topological polar surface area (TPSA) is 123 Å². The van der Waals surface area contributed by atoms with Gasteiger partial charge in [0.15, 0.2) is 0 Å². The van der Waals surface area contributed by atoms with E-state index in [-0.39, 0.29) is 16.8 Å². The minimum absolute atomic E-state index is 0.0436. The Morgan fingerprint density at radius 2 is 1.72 bits per heavy atom. The van der Waals surface area contributed by atoms with Gasteiger partial charge in [0, 0.05) is 28.0 Å². The quantitative estimate of drug-likeness (QED) is 0.175. The molecule has 4 N–H and O–H groups in total. The average molecular weight is 537 g/mol. The number of fused-ring (bicyclic) bond motifs is 1. The highest BCUT2D eigenvalue weighted by molar-refractivity contribution is 6.36. The van der Waals surface area contributed by atoms with Gasteiger partial charge < -0.3 is 15.7 Å². The zero-order valence-electron chi connectivity index (χ0n) is 18.3. The van der Waals surface area contributed by atoms with Gasteiger partial charge in [-0.15, -0.1) is 0 Å². The fourth-order valence-corrected chi connectivity index (χ4v) is 4.37. The summed E-state index contributed by atoms with van der Waals surface area (Å²) in [7, 11) is 0. The number of aromatic hydroxyl groups is 1. The van der Waals surface area contributed by atoms with Crippen molar-refractivity contribution in [3.8, 4) is 11.8 Å². The van der Waals surface area contributed by atoms with Crippen LogP contribution in [-0.4, -0.2) is 25.5 Å². The van der Waals surface area contributed by atoms with Crippen LogP contribution in [-0.2, 0) is 0 Å². The second kappa shape index (κ2) is 9.91. The van der Waals surface area contributed by atoms with E-state index in [1.54, 1.807) is 36.5 Å². The van der Waals surface area contributed by atoms with Crippen molar-refractivity contribution < 1.29 is 5.11 Å². The van der Waals surface area contributed by atoms with E-state index in [0.717, 1.165) is 5.56 Å². The van der Waals surface area contributed by atoms with Crippen LogP contribution in [0.3, 0.4) is 0 Å². The molecular weight excluding hydrogens is 521 g/mol. The Hall–Kier alpha value is -4.03. The summed E-state index contributed by atoms with van der Waals surface area (Å²) < 4.78 is 0. The summed E-state index contributed by atoms with van der Waals surface area (Å²) in [6.45, 7) is 0. The van der Waals surface area contributed by atoms with Crippen LogP contribution in [0.25, 0.3) is 10.9 Å². The third kappa shape index (κ3) is 4.72. The lowest BCUT2D eigenvalue weighted by Gasteiger charge is -2.20. The minimum Gasteiger partial charge on any atom is -0.506 e. The Kier molecular flexibility index (Phi) is 6.53. The second-order valence-electron chi connectivity index (χ2n) is 7.83. The third-order valence-electron chi connectivity index (χ3n) is 5.51. The Labute approximate surface area is 220 Å². The number of aromatic nitrogens is 4. The van der Waals surface area contributed by atoms with E-state index < -0.39 is 0 Å². The van der Waals surface area contributed by atoms with Gasteiger partial charge in [0.25, 0.3) is 0 Å². The van der Waals surface area contributed by atoms with Crippen molar-refractivity contribution >= 4 is 62.8 Å². The highest BCUT2D eigenvalue weighted by atomic mass is 35.5. The van der Waals surface area contributed by atoms with Crippen LogP contribution in [0.1, 0.15) is 22.9 Å². The summed E-state index contributed by atoms with van der Waals surface area (Å²) in [5.41, 5.74) is 4.14. The summed E-state index contributed by atoms with van der Waals surface area (Å²) in [6.07, 6.45) is 3.09. The molecule has 2 aromatic heterocycles. The summed E-state index contributed by atoms with van der Waals surface area (Å²) >= 11 is 18.8. The van der Waals surface area contributed by atoms with Gasteiger partial charge >= 0.3 is 0 Å². The first-order valence-electron chi connectivity index (χ1n) is 10.6. The number of hydrogen-bond donors (Lipinski definition) is 4. The molecule has 0 bridgehead atoms. The Morgan fingerprint density at radius 3 is 2.42 bits per heavy atom. The first-order valence-corrected chi connectivity index (χ1v) is 11.7. The Morgan fingerprint density at radius 1 is 0.944 bits per heavy atom. The normalized spacial score (nSPS) is 11.7. The number of halogens is 3. The molecule has 178 valence electrons. The molecule has 3 aromatic carbocycles. The molecule has 0 aliphatic carbocycles. The van der Waals surface area contributed by atoms with Crippen LogP contribution in [0.5, 0.6) is 5.75 Å². The number of rotatable bonds is 6. The van der Waals surface area contributed by atoms with Gasteiger partial charge in [0.1, 0.15) is 17.5 Å². The van der Waals surface area contributed by atoms with Gasteiger partial charge in [-0.25, -0.2) is 0 Å². The van der Waals surface area contributed by atoms with E-state index in [2.05, 4.69) is 37.1 Å². The summed E-state index contributed by atoms with van der Waals surface area (Å²) in [5.74, 6) is -0.0436. The van der Waals surface area contributed by atoms with Crippen LogP contribution in [0.15, 0.2) is 67.0 Å². The van der Waals surface area contributed by atoms with Crippen molar-refractivity contribution in [3.05, 3.63) is 98.9 Å². The monoisotopic (exact) mass is 535 g/mol. The predicted molar refractivity (Wildman–Crippen MR) is 141 cm³/mol. The van der Waals surface area contributed by atoms with Gasteiger partial charge in [-0.3, -0.25) is 4.98 Å². The van der Waals surface area contributed by atoms with Crippen molar-refractivity contribution in [1.29, 1.82) is 5.26 Å². The molecule has 0 radical (unpaired) electrons. The van der Waals surface area contributed by atoms with E-state index in [1.807, 2.05) is 18.2 Å². The highest BCUT2D eigenvalue weighted by Crippen LogP contribution is 2.37. The first kappa shape index (κ1) is 23.7. The van der Waals surface area contributed by atoms with Crippen molar-refractivity contribution in [2.45, 2.75) is 6.04 Å². The molecule has 11 heteroatoms. The number of benzene rings is 3. The number of aromatic amines is 1. The molecule has 5 aromatic rings. The van der Waals surface area contributed by atoms with Crippen molar-refractivity contribution in [3.63, 3.8) is 0 Å². The molecule has 0 aliphatic rings. The number of phenols is 1. The SMILES string of the molecule is N#Cc1cnc2c(Cl)cc(N[C@@H](c3ccc(Cl)cc3)c3cn[nH]n3)cc2c1Nc1ccc(O)c(Cl)c1. The smallest absolute Gasteiger partial charge is 0.134 e. The standard InChI is InChI=1S/C25H16Cl3N7O/c26-15-3-1-13(2-4-15)24(21-12-31-35-34-21)33-17-7-18-23(32-16-5-6-22(36)19(27)8-16)14(10-29)11-30-25(18)20(28)9-17/h1-9,11-12,24,33,36H,(H,30,32)(H,31,34,35)/t24-/m0/s1. The third-order valence-corrected chi connectivity index (χ3v) is 6.35. The first-order chi connectivity index (χ1) is 17.4. The Bertz CT molecular complexity index is 1600. The average Bonchev–Trinajstić information content (AvgIpc) is 3.40. The van der Waals surface area contributed by atoms with Crippen LogP contribution in [0, 0.1) is 11.3 Å². The Balaban J connectivity index is 1.61. The van der Waals surface area contributed by atoms with E-state index in [1.165, 1.54) is 12.3 Å². The van der Waals surface area contributed by atoms with Gasteiger partial charge in [-0.05, 0) is 48.0 Å². The largest absolute Gasteiger partial charge is 0.506 e. The van der Waals surface area contributed by atoms with E-state index in [0.29, 0.717) is 49.3 Å². The van der Waals surface area contributed by atoms with E-state index in [9.17, 15) is 10.4 Å². The number of anilines is 3. The number of nitrogens with zero attached hydrogens (tertiary/aromatic N) is 4. The maximum absolute atomic E-state index is 9.76.